The third-order valence-corrected chi connectivity index (χ3v) is 3.58. The molecule has 0 bridgehead atoms. The van der Waals surface area contributed by atoms with Crippen LogP contribution in [0.15, 0.2) is 54.6 Å². The van der Waals surface area contributed by atoms with Crippen LogP contribution in [0.5, 0.6) is 5.75 Å². The smallest absolute Gasteiger partial charge is 0.159 e. The van der Waals surface area contributed by atoms with Gasteiger partial charge in [0.1, 0.15) is 11.4 Å². The maximum absolute atomic E-state index is 9.28. The molecule has 0 spiro atoms. The maximum Gasteiger partial charge on any atom is 0.159 e. The maximum atomic E-state index is 9.28. The zero-order chi connectivity index (χ0) is 15.6. The SMILES string of the molecule is Oc1ccc(C=Cc2cc(-c3nc4ccccc4[nH]3)n[nH]2)cc1. The molecule has 2 heterocycles. The average Bonchev–Trinajstić information content (AvgIpc) is 3.21. The molecule has 4 rings (SSSR count). The van der Waals surface area contributed by atoms with Crippen molar-refractivity contribution < 1.29 is 5.11 Å². The number of nitrogens with one attached hydrogen (secondary N) is 2. The van der Waals surface area contributed by atoms with Crippen LogP contribution in [-0.4, -0.2) is 25.3 Å². The van der Waals surface area contributed by atoms with Gasteiger partial charge in [0.25, 0.3) is 0 Å². The summed E-state index contributed by atoms with van der Waals surface area (Å²) in [4.78, 5) is 7.79. The molecule has 0 atom stereocenters. The molecule has 5 heteroatoms. The largest absolute Gasteiger partial charge is 0.508 e. The van der Waals surface area contributed by atoms with Gasteiger partial charge < -0.3 is 10.1 Å². The molecule has 2 aromatic heterocycles. The Hall–Kier alpha value is -3.34. The van der Waals surface area contributed by atoms with E-state index in [-0.39, 0.29) is 5.75 Å². The molecule has 0 saturated carbocycles. The lowest BCUT2D eigenvalue weighted by Crippen LogP contribution is -1.79. The number of rotatable bonds is 3. The van der Waals surface area contributed by atoms with Crippen LogP contribution in [0, 0.1) is 0 Å². The van der Waals surface area contributed by atoms with Gasteiger partial charge in [0.2, 0.25) is 0 Å². The molecule has 3 N–H and O–H groups in total. The summed E-state index contributed by atoms with van der Waals surface area (Å²) in [6.45, 7) is 0. The summed E-state index contributed by atoms with van der Waals surface area (Å²) in [6, 6.07) is 16.8. The molecule has 0 fully saturated rings. The molecule has 0 aliphatic heterocycles. The minimum Gasteiger partial charge on any atom is -0.508 e. The Labute approximate surface area is 132 Å². The van der Waals surface area contributed by atoms with Gasteiger partial charge >= 0.3 is 0 Å². The highest BCUT2D eigenvalue weighted by Gasteiger charge is 2.07. The summed E-state index contributed by atoms with van der Waals surface area (Å²) < 4.78 is 0. The van der Waals surface area contributed by atoms with E-state index >= 15 is 0 Å². The Morgan fingerprint density at radius 2 is 1.78 bits per heavy atom. The summed E-state index contributed by atoms with van der Waals surface area (Å²) in [5.41, 5.74) is 4.57. The number of hydrogen-bond donors (Lipinski definition) is 3. The minimum atomic E-state index is 0.260. The first kappa shape index (κ1) is 13.3. The second-order valence-electron chi connectivity index (χ2n) is 5.24. The predicted molar refractivity (Wildman–Crippen MR) is 90.7 cm³/mol. The van der Waals surface area contributed by atoms with Crippen LogP contribution < -0.4 is 0 Å². The normalized spacial score (nSPS) is 11.5. The highest BCUT2D eigenvalue weighted by molar-refractivity contribution is 5.79. The first-order valence-electron chi connectivity index (χ1n) is 7.25. The van der Waals surface area contributed by atoms with E-state index in [4.69, 9.17) is 0 Å². The molecule has 112 valence electrons. The first-order chi connectivity index (χ1) is 11.3. The van der Waals surface area contributed by atoms with E-state index in [1.165, 1.54) is 0 Å². The zero-order valence-electron chi connectivity index (χ0n) is 12.2. The van der Waals surface area contributed by atoms with Gasteiger partial charge in [0.05, 0.1) is 16.7 Å². The second-order valence-corrected chi connectivity index (χ2v) is 5.24. The third kappa shape index (κ3) is 2.72. The van der Waals surface area contributed by atoms with Crippen LogP contribution in [0.1, 0.15) is 11.3 Å². The number of aromatic hydroxyl groups is 1. The summed E-state index contributed by atoms with van der Waals surface area (Å²) >= 11 is 0. The number of aromatic amines is 2. The van der Waals surface area contributed by atoms with Crippen LogP contribution in [0.25, 0.3) is 34.7 Å². The summed E-state index contributed by atoms with van der Waals surface area (Å²) in [6.07, 6.45) is 3.89. The number of benzene rings is 2. The molecule has 0 radical (unpaired) electrons. The summed E-state index contributed by atoms with van der Waals surface area (Å²) in [5.74, 6) is 1.00. The van der Waals surface area contributed by atoms with Crippen molar-refractivity contribution in [1.29, 1.82) is 0 Å². The van der Waals surface area contributed by atoms with Gasteiger partial charge in [-0.25, -0.2) is 4.98 Å². The van der Waals surface area contributed by atoms with Crippen molar-refractivity contribution in [3.63, 3.8) is 0 Å². The van der Waals surface area contributed by atoms with Crippen molar-refractivity contribution >= 4 is 23.2 Å². The Morgan fingerprint density at radius 1 is 0.957 bits per heavy atom. The molecular formula is C18H14N4O. The second kappa shape index (κ2) is 5.46. The van der Waals surface area contributed by atoms with Gasteiger partial charge in [-0.05, 0) is 42.0 Å². The molecule has 23 heavy (non-hydrogen) atoms. The van der Waals surface area contributed by atoms with Crippen LogP contribution in [0.4, 0.5) is 0 Å². The van der Waals surface area contributed by atoms with Gasteiger partial charge in [-0.2, -0.15) is 5.10 Å². The molecule has 2 aromatic carbocycles. The van der Waals surface area contributed by atoms with Crippen molar-refractivity contribution in [3.8, 4) is 17.3 Å². The van der Waals surface area contributed by atoms with Gasteiger partial charge in [0.15, 0.2) is 5.82 Å². The zero-order valence-corrected chi connectivity index (χ0v) is 12.2. The van der Waals surface area contributed by atoms with Crippen LogP contribution in [0.3, 0.4) is 0 Å². The lowest BCUT2D eigenvalue weighted by molar-refractivity contribution is 0.475. The van der Waals surface area contributed by atoms with Gasteiger partial charge in [-0.1, -0.05) is 30.3 Å². The number of imidazole rings is 1. The van der Waals surface area contributed by atoms with Crippen molar-refractivity contribution in [2.24, 2.45) is 0 Å². The van der Waals surface area contributed by atoms with Gasteiger partial charge in [-0.3, -0.25) is 5.10 Å². The molecule has 5 nitrogen and oxygen atoms in total. The molecule has 0 aliphatic carbocycles. The van der Waals surface area contributed by atoms with E-state index < -0.39 is 0 Å². The number of hydrogen-bond acceptors (Lipinski definition) is 3. The number of phenolic OH excluding ortho intramolecular Hbond substituents is 1. The topological polar surface area (TPSA) is 77.6 Å². The minimum absolute atomic E-state index is 0.260. The van der Waals surface area contributed by atoms with Crippen molar-refractivity contribution in [1.82, 2.24) is 20.2 Å². The number of phenols is 1. The molecule has 0 saturated heterocycles. The van der Waals surface area contributed by atoms with E-state index in [0.717, 1.165) is 33.8 Å². The van der Waals surface area contributed by atoms with Crippen molar-refractivity contribution in [2.45, 2.75) is 0 Å². The Kier molecular flexibility index (Phi) is 3.16. The number of para-hydroxylation sites is 2. The fraction of sp³-hybridized carbons (Fsp3) is 0. The molecule has 0 aliphatic rings. The Morgan fingerprint density at radius 3 is 2.61 bits per heavy atom. The predicted octanol–water partition coefficient (Wildman–Crippen LogP) is 3.83. The monoisotopic (exact) mass is 302 g/mol. The first-order valence-corrected chi connectivity index (χ1v) is 7.25. The fourth-order valence-electron chi connectivity index (χ4n) is 2.39. The number of aromatic nitrogens is 4. The summed E-state index contributed by atoms with van der Waals surface area (Å²) in [7, 11) is 0. The Bertz CT molecular complexity index is 947. The summed E-state index contributed by atoms with van der Waals surface area (Å²) in [5, 5.41) is 16.6. The van der Waals surface area contributed by atoms with E-state index in [1.54, 1.807) is 12.1 Å². The van der Waals surface area contributed by atoms with Crippen LogP contribution in [-0.2, 0) is 0 Å². The lowest BCUT2D eigenvalue weighted by Gasteiger charge is -1.93. The van der Waals surface area contributed by atoms with Gasteiger partial charge in [-0.15, -0.1) is 0 Å². The third-order valence-electron chi connectivity index (χ3n) is 3.58. The van der Waals surface area contributed by atoms with Crippen molar-refractivity contribution in [2.75, 3.05) is 0 Å². The highest BCUT2D eigenvalue weighted by Crippen LogP contribution is 2.20. The fourth-order valence-corrected chi connectivity index (χ4v) is 2.39. The van der Waals surface area contributed by atoms with E-state index in [1.807, 2.05) is 54.6 Å². The number of fused-ring (bicyclic) bond motifs is 1. The molecular weight excluding hydrogens is 288 g/mol. The van der Waals surface area contributed by atoms with Gasteiger partial charge in [0, 0.05) is 0 Å². The van der Waals surface area contributed by atoms with Crippen LogP contribution in [0.2, 0.25) is 0 Å². The standard InChI is InChI=1S/C18H14N4O/c23-14-9-6-12(7-10-14)5-8-13-11-17(22-21-13)18-19-15-3-1-2-4-16(15)20-18/h1-11,23H,(H,19,20)(H,21,22). The van der Waals surface area contributed by atoms with Crippen molar-refractivity contribution in [3.05, 3.63) is 65.9 Å². The van der Waals surface area contributed by atoms with E-state index in [9.17, 15) is 5.11 Å². The van der Waals surface area contributed by atoms with E-state index in [2.05, 4.69) is 20.2 Å². The van der Waals surface area contributed by atoms with Crippen LogP contribution >= 0.6 is 0 Å². The lowest BCUT2D eigenvalue weighted by atomic mass is 10.2. The quantitative estimate of drug-likeness (QED) is 0.538. The molecule has 0 unspecified atom stereocenters. The number of nitrogens with zero attached hydrogens (tertiary/aromatic N) is 2. The highest BCUT2D eigenvalue weighted by atomic mass is 16.3. The molecule has 4 aromatic rings. The Balaban J connectivity index is 1.59. The average molecular weight is 302 g/mol. The van der Waals surface area contributed by atoms with E-state index in [0.29, 0.717) is 0 Å². The number of H-pyrrole nitrogens is 2. The molecule has 0 amide bonds.